The molecule has 0 radical (unpaired) electrons. The Bertz CT molecular complexity index is 776. The summed E-state index contributed by atoms with van der Waals surface area (Å²) in [7, 11) is 0. The summed E-state index contributed by atoms with van der Waals surface area (Å²) in [6, 6.07) is 19.6. The SMILES string of the molecule is Cl.c1cc(-c2ccc(Cc3ccc(OC[C@H]4CCCN4)cc3)cc2)co1. The van der Waals surface area contributed by atoms with Crippen molar-refractivity contribution in [2.75, 3.05) is 13.2 Å². The van der Waals surface area contributed by atoms with E-state index in [1.165, 1.54) is 29.5 Å². The lowest BCUT2D eigenvalue weighted by atomic mass is 10.0. The van der Waals surface area contributed by atoms with Gasteiger partial charge < -0.3 is 14.5 Å². The fourth-order valence-corrected chi connectivity index (χ4v) is 3.28. The van der Waals surface area contributed by atoms with Gasteiger partial charge in [0.2, 0.25) is 0 Å². The highest BCUT2D eigenvalue weighted by Crippen LogP contribution is 2.22. The summed E-state index contributed by atoms with van der Waals surface area (Å²) < 4.78 is 11.0. The minimum Gasteiger partial charge on any atom is -0.492 e. The smallest absolute Gasteiger partial charge is 0.119 e. The van der Waals surface area contributed by atoms with Crippen LogP contribution in [0, 0.1) is 0 Å². The van der Waals surface area contributed by atoms with Crippen molar-refractivity contribution in [2.24, 2.45) is 0 Å². The summed E-state index contributed by atoms with van der Waals surface area (Å²) in [5, 5.41) is 3.45. The molecule has 0 bridgehead atoms. The molecule has 136 valence electrons. The molecule has 0 unspecified atom stereocenters. The van der Waals surface area contributed by atoms with E-state index in [1.54, 1.807) is 12.5 Å². The molecule has 1 fully saturated rings. The molecule has 1 atom stereocenters. The van der Waals surface area contributed by atoms with Crippen molar-refractivity contribution in [3.63, 3.8) is 0 Å². The van der Waals surface area contributed by atoms with Crippen LogP contribution < -0.4 is 10.1 Å². The number of furan rings is 1. The summed E-state index contributed by atoms with van der Waals surface area (Å²) in [6.45, 7) is 1.88. The van der Waals surface area contributed by atoms with Crippen molar-refractivity contribution in [3.8, 4) is 16.9 Å². The normalized spacial score (nSPS) is 16.2. The van der Waals surface area contributed by atoms with Crippen LogP contribution in [-0.4, -0.2) is 19.2 Å². The van der Waals surface area contributed by atoms with Crippen molar-refractivity contribution < 1.29 is 9.15 Å². The van der Waals surface area contributed by atoms with Crippen LogP contribution in [0.15, 0.2) is 71.5 Å². The Morgan fingerprint density at radius 1 is 0.923 bits per heavy atom. The monoisotopic (exact) mass is 369 g/mol. The Morgan fingerprint density at radius 3 is 2.27 bits per heavy atom. The maximum absolute atomic E-state index is 5.88. The molecule has 0 aliphatic carbocycles. The Balaban J connectivity index is 0.00000196. The molecule has 1 aliphatic rings. The van der Waals surface area contributed by atoms with Crippen LogP contribution in [-0.2, 0) is 6.42 Å². The molecule has 1 saturated heterocycles. The highest BCUT2D eigenvalue weighted by Gasteiger charge is 2.14. The van der Waals surface area contributed by atoms with Gasteiger partial charge in [0.15, 0.2) is 0 Å². The Kier molecular flexibility index (Phi) is 6.37. The number of rotatable bonds is 6. The standard InChI is InChI=1S/C22H23NO2.ClH/c1-2-21(23-12-1)16-25-22-9-5-18(6-10-22)14-17-3-7-19(8-4-17)20-11-13-24-15-20;/h3-11,13,15,21,23H,1-2,12,14,16H2;1H/t21-;/m1./s1. The molecule has 3 aromatic rings. The topological polar surface area (TPSA) is 34.4 Å². The zero-order valence-electron chi connectivity index (χ0n) is 14.7. The van der Waals surface area contributed by atoms with Crippen LogP contribution in [0.5, 0.6) is 5.75 Å². The zero-order valence-corrected chi connectivity index (χ0v) is 15.5. The van der Waals surface area contributed by atoms with Gasteiger partial charge in [0.25, 0.3) is 0 Å². The minimum atomic E-state index is 0. The molecule has 4 rings (SSSR count). The lowest BCUT2D eigenvalue weighted by Gasteiger charge is -2.12. The van der Waals surface area contributed by atoms with Gasteiger partial charge in [-0.25, -0.2) is 0 Å². The van der Waals surface area contributed by atoms with Crippen LogP contribution in [0.1, 0.15) is 24.0 Å². The van der Waals surface area contributed by atoms with E-state index in [0.29, 0.717) is 6.04 Å². The molecule has 1 aliphatic heterocycles. The van der Waals surface area contributed by atoms with Crippen molar-refractivity contribution in [2.45, 2.75) is 25.3 Å². The third-order valence-electron chi connectivity index (χ3n) is 4.75. The molecule has 0 amide bonds. The summed E-state index contributed by atoms with van der Waals surface area (Å²) in [5.74, 6) is 0.952. The van der Waals surface area contributed by atoms with Crippen LogP contribution in [0.2, 0.25) is 0 Å². The van der Waals surface area contributed by atoms with Crippen molar-refractivity contribution in [3.05, 3.63) is 78.3 Å². The van der Waals surface area contributed by atoms with E-state index in [-0.39, 0.29) is 12.4 Å². The van der Waals surface area contributed by atoms with Crippen molar-refractivity contribution >= 4 is 12.4 Å². The predicted molar refractivity (Wildman–Crippen MR) is 107 cm³/mol. The second kappa shape index (κ2) is 8.93. The molecule has 3 nitrogen and oxygen atoms in total. The van der Waals surface area contributed by atoms with Gasteiger partial charge >= 0.3 is 0 Å². The summed E-state index contributed by atoms with van der Waals surface area (Å²) >= 11 is 0. The summed E-state index contributed by atoms with van der Waals surface area (Å²) in [5.41, 5.74) is 4.89. The highest BCUT2D eigenvalue weighted by atomic mass is 35.5. The molecule has 1 aromatic heterocycles. The largest absolute Gasteiger partial charge is 0.492 e. The van der Waals surface area contributed by atoms with E-state index < -0.39 is 0 Å². The van der Waals surface area contributed by atoms with Gasteiger partial charge in [-0.3, -0.25) is 0 Å². The van der Waals surface area contributed by atoms with Crippen molar-refractivity contribution in [1.29, 1.82) is 0 Å². The van der Waals surface area contributed by atoms with Gasteiger partial charge in [0, 0.05) is 11.6 Å². The highest BCUT2D eigenvalue weighted by molar-refractivity contribution is 5.85. The van der Waals surface area contributed by atoms with E-state index in [0.717, 1.165) is 30.9 Å². The third-order valence-corrected chi connectivity index (χ3v) is 4.75. The summed E-state index contributed by atoms with van der Waals surface area (Å²) in [6.07, 6.45) is 6.87. The van der Waals surface area contributed by atoms with E-state index >= 15 is 0 Å². The minimum absolute atomic E-state index is 0. The average Bonchev–Trinajstić information content (AvgIpc) is 3.36. The van der Waals surface area contributed by atoms with E-state index in [2.05, 4.69) is 53.8 Å². The number of hydrogen-bond donors (Lipinski definition) is 1. The van der Waals surface area contributed by atoms with E-state index in [1.807, 2.05) is 6.07 Å². The number of nitrogens with one attached hydrogen (secondary N) is 1. The fourth-order valence-electron chi connectivity index (χ4n) is 3.28. The Hall–Kier alpha value is -2.23. The van der Waals surface area contributed by atoms with Crippen LogP contribution in [0.25, 0.3) is 11.1 Å². The van der Waals surface area contributed by atoms with Gasteiger partial charge in [0.05, 0.1) is 12.5 Å². The number of benzene rings is 2. The summed E-state index contributed by atoms with van der Waals surface area (Å²) in [4.78, 5) is 0. The first-order valence-corrected chi connectivity index (χ1v) is 8.93. The third kappa shape index (κ3) is 4.69. The zero-order chi connectivity index (χ0) is 16.9. The molecule has 4 heteroatoms. The lowest BCUT2D eigenvalue weighted by Crippen LogP contribution is -2.28. The number of hydrogen-bond acceptors (Lipinski definition) is 3. The molecule has 2 aromatic carbocycles. The average molecular weight is 370 g/mol. The van der Waals surface area contributed by atoms with Gasteiger partial charge in [-0.1, -0.05) is 36.4 Å². The number of halogens is 1. The van der Waals surface area contributed by atoms with Crippen LogP contribution >= 0.6 is 12.4 Å². The first-order chi connectivity index (χ1) is 12.4. The second-order valence-corrected chi connectivity index (χ2v) is 6.63. The second-order valence-electron chi connectivity index (χ2n) is 6.63. The van der Waals surface area contributed by atoms with Crippen LogP contribution in [0.3, 0.4) is 0 Å². The maximum atomic E-state index is 5.88. The molecule has 0 saturated carbocycles. The fraction of sp³-hybridized carbons (Fsp3) is 0.273. The van der Waals surface area contributed by atoms with Gasteiger partial charge in [0.1, 0.15) is 12.4 Å². The van der Waals surface area contributed by atoms with E-state index in [9.17, 15) is 0 Å². The Labute approximate surface area is 160 Å². The molecule has 26 heavy (non-hydrogen) atoms. The molecule has 2 heterocycles. The predicted octanol–water partition coefficient (Wildman–Crippen LogP) is 5.09. The maximum Gasteiger partial charge on any atom is 0.119 e. The van der Waals surface area contributed by atoms with Gasteiger partial charge in [-0.15, -0.1) is 12.4 Å². The molecule has 0 spiro atoms. The van der Waals surface area contributed by atoms with Gasteiger partial charge in [-0.05, 0) is 60.7 Å². The molecular weight excluding hydrogens is 346 g/mol. The molecule has 1 N–H and O–H groups in total. The molecular formula is C22H24ClNO2. The lowest BCUT2D eigenvalue weighted by molar-refractivity contribution is 0.277. The van der Waals surface area contributed by atoms with Gasteiger partial charge in [-0.2, -0.15) is 0 Å². The van der Waals surface area contributed by atoms with E-state index in [4.69, 9.17) is 9.15 Å². The van der Waals surface area contributed by atoms with Crippen molar-refractivity contribution in [1.82, 2.24) is 5.32 Å². The first kappa shape index (κ1) is 18.6. The van der Waals surface area contributed by atoms with Crippen LogP contribution in [0.4, 0.5) is 0 Å². The Morgan fingerprint density at radius 2 is 1.65 bits per heavy atom. The first-order valence-electron chi connectivity index (χ1n) is 8.93. The number of ether oxygens (including phenoxy) is 1. The quantitative estimate of drug-likeness (QED) is 0.657.